The van der Waals surface area contributed by atoms with E-state index in [1.54, 1.807) is 43.3 Å². The molecule has 0 spiro atoms. The molecule has 0 heterocycles. The largest absolute Gasteiger partial charge is 0.481 e. The fourth-order valence-corrected chi connectivity index (χ4v) is 2.40. The van der Waals surface area contributed by atoms with Crippen molar-refractivity contribution in [2.75, 3.05) is 16.3 Å². The van der Waals surface area contributed by atoms with Gasteiger partial charge >= 0.3 is 0 Å². The second-order valence-corrected chi connectivity index (χ2v) is 6.76. The minimum Gasteiger partial charge on any atom is -0.481 e. The molecule has 0 aliphatic rings. The summed E-state index contributed by atoms with van der Waals surface area (Å²) in [6, 6.07) is 15.4. The minimum atomic E-state index is -3.32. The number of rotatable bonds is 6. The van der Waals surface area contributed by atoms with E-state index >= 15 is 0 Å². The molecule has 6 nitrogen and oxygen atoms in total. The molecule has 0 saturated heterocycles. The van der Waals surface area contributed by atoms with Crippen molar-refractivity contribution in [3.63, 3.8) is 0 Å². The van der Waals surface area contributed by atoms with Crippen LogP contribution in [-0.4, -0.2) is 26.7 Å². The monoisotopic (exact) mass is 334 g/mol. The highest BCUT2D eigenvalue weighted by molar-refractivity contribution is 7.92. The quantitative estimate of drug-likeness (QED) is 0.850. The van der Waals surface area contributed by atoms with Gasteiger partial charge in [0, 0.05) is 11.4 Å². The number of amides is 1. The third kappa shape index (κ3) is 5.63. The minimum absolute atomic E-state index is 0.294. The molecule has 1 unspecified atom stereocenters. The van der Waals surface area contributed by atoms with E-state index in [1.807, 2.05) is 18.2 Å². The molecule has 0 aliphatic carbocycles. The molecular formula is C16H18N2O4S. The van der Waals surface area contributed by atoms with Gasteiger partial charge < -0.3 is 10.1 Å². The van der Waals surface area contributed by atoms with Crippen LogP contribution in [-0.2, 0) is 14.8 Å². The maximum Gasteiger partial charge on any atom is 0.265 e. The van der Waals surface area contributed by atoms with E-state index in [0.29, 0.717) is 17.1 Å². The molecule has 0 fully saturated rings. The van der Waals surface area contributed by atoms with E-state index in [9.17, 15) is 13.2 Å². The van der Waals surface area contributed by atoms with Crippen LogP contribution in [0, 0.1) is 0 Å². The Labute approximate surface area is 135 Å². The Morgan fingerprint density at radius 3 is 2.13 bits per heavy atom. The summed E-state index contributed by atoms with van der Waals surface area (Å²) in [7, 11) is -3.32. The predicted octanol–water partition coefficient (Wildman–Crippen LogP) is 2.46. The lowest BCUT2D eigenvalue weighted by Crippen LogP contribution is -2.30. The second kappa shape index (κ2) is 7.15. The van der Waals surface area contributed by atoms with Gasteiger partial charge in [-0.15, -0.1) is 0 Å². The van der Waals surface area contributed by atoms with Crippen molar-refractivity contribution in [1.29, 1.82) is 0 Å². The maximum atomic E-state index is 12.1. The summed E-state index contributed by atoms with van der Waals surface area (Å²) in [5.74, 6) is 0.320. The van der Waals surface area contributed by atoms with Gasteiger partial charge in [0.2, 0.25) is 10.0 Å². The van der Waals surface area contributed by atoms with E-state index in [-0.39, 0.29) is 5.91 Å². The fraction of sp³-hybridized carbons (Fsp3) is 0.188. The van der Waals surface area contributed by atoms with Gasteiger partial charge in [-0.2, -0.15) is 0 Å². The van der Waals surface area contributed by atoms with Gasteiger partial charge in [0.1, 0.15) is 5.75 Å². The molecule has 122 valence electrons. The normalized spacial score (nSPS) is 12.3. The molecule has 23 heavy (non-hydrogen) atoms. The van der Waals surface area contributed by atoms with Crippen LogP contribution in [0.3, 0.4) is 0 Å². The van der Waals surface area contributed by atoms with Crippen LogP contribution in [0.25, 0.3) is 0 Å². The molecule has 0 saturated carbocycles. The Morgan fingerprint density at radius 1 is 1.00 bits per heavy atom. The SMILES string of the molecule is CC(Oc1ccccc1)C(=O)Nc1ccc(NS(C)(=O)=O)cc1. The van der Waals surface area contributed by atoms with Crippen molar-refractivity contribution in [3.05, 3.63) is 54.6 Å². The smallest absolute Gasteiger partial charge is 0.265 e. The van der Waals surface area contributed by atoms with Gasteiger partial charge in [-0.25, -0.2) is 8.42 Å². The number of hydrogen-bond donors (Lipinski definition) is 2. The van der Waals surface area contributed by atoms with Crippen LogP contribution in [0.4, 0.5) is 11.4 Å². The van der Waals surface area contributed by atoms with Crippen molar-refractivity contribution < 1.29 is 17.9 Å². The molecule has 0 radical (unpaired) electrons. The molecule has 1 amide bonds. The van der Waals surface area contributed by atoms with Crippen LogP contribution >= 0.6 is 0 Å². The average molecular weight is 334 g/mol. The van der Waals surface area contributed by atoms with Crippen LogP contribution < -0.4 is 14.8 Å². The average Bonchev–Trinajstić information content (AvgIpc) is 2.48. The van der Waals surface area contributed by atoms with E-state index in [1.165, 1.54) is 0 Å². The van der Waals surface area contributed by atoms with Gasteiger partial charge in [0.05, 0.1) is 6.26 Å². The Morgan fingerprint density at radius 2 is 1.57 bits per heavy atom. The van der Waals surface area contributed by atoms with Crippen molar-refractivity contribution in [2.45, 2.75) is 13.0 Å². The van der Waals surface area contributed by atoms with E-state index < -0.39 is 16.1 Å². The number of nitrogens with one attached hydrogen (secondary N) is 2. The standard InChI is InChI=1S/C16H18N2O4S/c1-12(22-15-6-4-3-5-7-15)16(19)17-13-8-10-14(11-9-13)18-23(2,20)21/h3-12,18H,1-2H3,(H,17,19). The highest BCUT2D eigenvalue weighted by Gasteiger charge is 2.14. The molecule has 2 N–H and O–H groups in total. The molecule has 2 rings (SSSR count). The number of ether oxygens (including phenoxy) is 1. The topological polar surface area (TPSA) is 84.5 Å². The van der Waals surface area contributed by atoms with Crippen molar-refractivity contribution in [1.82, 2.24) is 0 Å². The van der Waals surface area contributed by atoms with Crippen molar-refractivity contribution >= 4 is 27.3 Å². The Hall–Kier alpha value is -2.54. The summed E-state index contributed by atoms with van der Waals surface area (Å²) in [6.07, 6.45) is 0.414. The molecule has 7 heteroatoms. The van der Waals surface area contributed by atoms with Gasteiger partial charge in [-0.05, 0) is 43.3 Å². The first kappa shape index (κ1) is 16.8. The maximum absolute atomic E-state index is 12.1. The first-order chi connectivity index (χ1) is 10.8. The molecule has 0 aliphatic heterocycles. The lowest BCUT2D eigenvalue weighted by atomic mass is 10.2. The number of para-hydroxylation sites is 1. The van der Waals surface area contributed by atoms with Crippen LogP contribution in [0.2, 0.25) is 0 Å². The molecule has 0 aromatic heterocycles. The van der Waals surface area contributed by atoms with Crippen LogP contribution in [0.15, 0.2) is 54.6 Å². The zero-order chi connectivity index (χ0) is 16.9. The Kier molecular flexibility index (Phi) is 5.23. The third-order valence-electron chi connectivity index (χ3n) is 2.88. The van der Waals surface area contributed by atoms with Crippen molar-refractivity contribution in [2.24, 2.45) is 0 Å². The molecule has 2 aromatic carbocycles. The summed E-state index contributed by atoms with van der Waals surface area (Å²) in [4.78, 5) is 12.1. The van der Waals surface area contributed by atoms with Gasteiger partial charge in [-0.3, -0.25) is 9.52 Å². The lowest BCUT2D eigenvalue weighted by Gasteiger charge is -2.15. The summed E-state index contributed by atoms with van der Waals surface area (Å²) in [5.41, 5.74) is 0.983. The van der Waals surface area contributed by atoms with Gasteiger partial charge in [-0.1, -0.05) is 18.2 Å². The summed E-state index contributed by atoms with van der Waals surface area (Å²) < 4.78 is 30.1. The summed E-state index contributed by atoms with van der Waals surface area (Å²) >= 11 is 0. The first-order valence-corrected chi connectivity index (χ1v) is 8.83. The number of benzene rings is 2. The third-order valence-corrected chi connectivity index (χ3v) is 3.49. The lowest BCUT2D eigenvalue weighted by molar-refractivity contribution is -0.122. The predicted molar refractivity (Wildman–Crippen MR) is 90.1 cm³/mol. The second-order valence-electron chi connectivity index (χ2n) is 5.01. The zero-order valence-corrected chi connectivity index (χ0v) is 13.6. The fourth-order valence-electron chi connectivity index (χ4n) is 1.84. The van der Waals surface area contributed by atoms with Gasteiger partial charge in [0.25, 0.3) is 5.91 Å². The van der Waals surface area contributed by atoms with Gasteiger partial charge in [0.15, 0.2) is 6.10 Å². The molecule has 0 bridgehead atoms. The number of carbonyl (C=O) groups is 1. The highest BCUT2D eigenvalue weighted by atomic mass is 32.2. The number of anilines is 2. The molecule has 1 atom stereocenters. The molecule has 2 aromatic rings. The number of hydrogen-bond acceptors (Lipinski definition) is 4. The number of carbonyl (C=O) groups excluding carboxylic acids is 1. The van der Waals surface area contributed by atoms with Crippen LogP contribution in [0.1, 0.15) is 6.92 Å². The highest BCUT2D eigenvalue weighted by Crippen LogP contribution is 2.16. The van der Waals surface area contributed by atoms with Crippen LogP contribution in [0.5, 0.6) is 5.75 Å². The zero-order valence-electron chi connectivity index (χ0n) is 12.8. The summed E-state index contributed by atoms with van der Waals surface area (Å²) in [5, 5.41) is 2.71. The van der Waals surface area contributed by atoms with E-state index in [4.69, 9.17) is 4.74 Å². The summed E-state index contributed by atoms with van der Waals surface area (Å²) in [6.45, 7) is 1.65. The van der Waals surface area contributed by atoms with E-state index in [2.05, 4.69) is 10.0 Å². The molecular weight excluding hydrogens is 316 g/mol. The Balaban J connectivity index is 1.94. The number of sulfonamides is 1. The Bertz CT molecular complexity index is 758. The van der Waals surface area contributed by atoms with Crippen molar-refractivity contribution in [3.8, 4) is 5.75 Å². The first-order valence-electron chi connectivity index (χ1n) is 6.94. The van der Waals surface area contributed by atoms with E-state index in [0.717, 1.165) is 6.26 Å².